The van der Waals surface area contributed by atoms with Gasteiger partial charge in [-0.25, -0.2) is 0 Å². The van der Waals surface area contributed by atoms with Gasteiger partial charge in [0.25, 0.3) is 0 Å². The predicted molar refractivity (Wildman–Crippen MR) is 79.7 cm³/mol. The van der Waals surface area contributed by atoms with Gasteiger partial charge in [0.15, 0.2) is 0 Å². The highest BCUT2D eigenvalue weighted by Crippen LogP contribution is 2.23. The minimum absolute atomic E-state index is 0.200. The Kier molecular flexibility index (Phi) is 4.83. The molecule has 0 radical (unpaired) electrons. The summed E-state index contributed by atoms with van der Waals surface area (Å²) in [6.07, 6.45) is 0.822. The molecule has 3 heteroatoms. The Bertz CT molecular complexity index is 542. The number of rotatable bonds is 5. The molecule has 0 aromatic heterocycles. The maximum atomic E-state index is 9.53. The standard InChI is InChI=1S/C16H18ClNO/c1-2-18-16(13-6-4-7-14(17)11-13)10-12-5-3-8-15(19)9-12/h3-9,11,16,18-19H,2,10H2,1H3. The number of likely N-dealkylation sites (N-methyl/N-ethyl adjacent to an activating group) is 1. The van der Waals surface area contributed by atoms with Crippen molar-refractivity contribution in [1.29, 1.82) is 0 Å². The lowest BCUT2D eigenvalue weighted by atomic mass is 9.98. The summed E-state index contributed by atoms with van der Waals surface area (Å²) in [4.78, 5) is 0. The smallest absolute Gasteiger partial charge is 0.115 e. The van der Waals surface area contributed by atoms with Crippen molar-refractivity contribution in [2.24, 2.45) is 0 Å². The van der Waals surface area contributed by atoms with Crippen LogP contribution in [0.3, 0.4) is 0 Å². The van der Waals surface area contributed by atoms with Gasteiger partial charge in [-0.15, -0.1) is 0 Å². The van der Waals surface area contributed by atoms with Gasteiger partial charge in [0.1, 0.15) is 5.75 Å². The zero-order valence-electron chi connectivity index (χ0n) is 10.9. The molecule has 0 saturated carbocycles. The van der Waals surface area contributed by atoms with Crippen molar-refractivity contribution in [3.05, 3.63) is 64.7 Å². The fourth-order valence-corrected chi connectivity index (χ4v) is 2.40. The Labute approximate surface area is 119 Å². The van der Waals surface area contributed by atoms with E-state index in [1.165, 1.54) is 0 Å². The first-order valence-corrected chi connectivity index (χ1v) is 6.83. The summed E-state index contributed by atoms with van der Waals surface area (Å²) in [6, 6.07) is 15.5. The van der Waals surface area contributed by atoms with Crippen molar-refractivity contribution in [2.75, 3.05) is 6.54 Å². The van der Waals surface area contributed by atoms with Gasteiger partial charge in [-0.3, -0.25) is 0 Å². The monoisotopic (exact) mass is 275 g/mol. The van der Waals surface area contributed by atoms with E-state index in [0.717, 1.165) is 29.1 Å². The third kappa shape index (κ3) is 3.98. The van der Waals surface area contributed by atoms with Gasteiger partial charge in [-0.1, -0.05) is 42.8 Å². The molecule has 0 bridgehead atoms. The highest BCUT2D eigenvalue weighted by Gasteiger charge is 2.11. The fraction of sp³-hybridized carbons (Fsp3) is 0.250. The van der Waals surface area contributed by atoms with Gasteiger partial charge in [-0.05, 0) is 48.4 Å². The topological polar surface area (TPSA) is 32.3 Å². The van der Waals surface area contributed by atoms with E-state index in [4.69, 9.17) is 11.6 Å². The molecule has 0 spiro atoms. The molecule has 19 heavy (non-hydrogen) atoms. The zero-order chi connectivity index (χ0) is 13.7. The lowest BCUT2D eigenvalue weighted by Gasteiger charge is -2.19. The number of benzene rings is 2. The Hall–Kier alpha value is -1.51. The summed E-state index contributed by atoms with van der Waals surface area (Å²) in [6.45, 7) is 2.97. The van der Waals surface area contributed by atoms with Crippen molar-refractivity contribution in [3.63, 3.8) is 0 Å². The van der Waals surface area contributed by atoms with Crippen LogP contribution in [0.2, 0.25) is 5.02 Å². The van der Waals surface area contributed by atoms with Gasteiger partial charge in [0, 0.05) is 11.1 Å². The van der Waals surface area contributed by atoms with Crippen LogP contribution in [-0.4, -0.2) is 11.7 Å². The molecule has 0 fully saturated rings. The largest absolute Gasteiger partial charge is 0.508 e. The van der Waals surface area contributed by atoms with Gasteiger partial charge in [0.05, 0.1) is 0 Å². The van der Waals surface area contributed by atoms with Gasteiger partial charge >= 0.3 is 0 Å². The Morgan fingerprint density at radius 2 is 1.95 bits per heavy atom. The van der Waals surface area contributed by atoms with Crippen LogP contribution >= 0.6 is 11.6 Å². The molecule has 0 aliphatic heterocycles. The minimum Gasteiger partial charge on any atom is -0.508 e. The quantitative estimate of drug-likeness (QED) is 0.866. The molecule has 2 rings (SSSR count). The molecule has 0 amide bonds. The third-order valence-electron chi connectivity index (χ3n) is 3.05. The average molecular weight is 276 g/mol. The maximum Gasteiger partial charge on any atom is 0.115 e. The first-order chi connectivity index (χ1) is 9.19. The van der Waals surface area contributed by atoms with E-state index >= 15 is 0 Å². The second kappa shape index (κ2) is 6.60. The molecule has 1 unspecified atom stereocenters. The summed E-state index contributed by atoms with van der Waals surface area (Å²) < 4.78 is 0. The summed E-state index contributed by atoms with van der Waals surface area (Å²) in [5, 5.41) is 13.7. The van der Waals surface area contributed by atoms with Crippen LogP contribution in [0, 0.1) is 0 Å². The van der Waals surface area contributed by atoms with Gasteiger partial charge in [-0.2, -0.15) is 0 Å². The summed E-state index contributed by atoms with van der Waals surface area (Å²) in [5.41, 5.74) is 2.27. The zero-order valence-corrected chi connectivity index (χ0v) is 11.7. The number of hydrogen-bond acceptors (Lipinski definition) is 2. The van der Waals surface area contributed by atoms with E-state index in [2.05, 4.69) is 18.3 Å². The maximum absolute atomic E-state index is 9.53. The lowest BCUT2D eigenvalue weighted by molar-refractivity contribution is 0.473. The molecule has 2 N–H and O–H groups in total. The van der Waals surface area contributed by atoms with Crippen molar-refractivity contribution >= 4 is 11.6 Å². The van der Waals surface area contributed by atoms with Gasteiger partial charge in [0.2, 0.25) is 0 Å². The second-order valence-electron chi connectivity index (χ2n) is 4.54. The molecule has 0 heterocycles. The van der Waals surface area contributed by atoms with E-state index in [0.29, 0.717) is 5.75 Å². The third-order valence-corrected chi connectivity index (χ3v) is 3.29. The summed E-state index contributed by atoms with van der Waals surface area (Å²) >= 11 is 6.05. The van der Waals surface area contributed by atoms with Crippen molar-refractivity contribution in [3.8, 4) is 5.75 Å². The summed E-state index contributed by atoms with van der Waals surface area (Å²) in [7, 11) is 0. The van der Waals surface area contributed by atoms with E-state index in [-0.39, 0.29) is 6.04 Å². The normalized spacial score (nSPS) is 12.3. The minimum atomic E-state index is 0.200. The molecule has 0 aliphatic carbocycles. The number of halogens is 1. The van der Waals surface area contributed by atoms with Crippen LogP contribution in [-0.2, 0) is 6.42 Å². The fourth-order valence-electron chi connectivity index (χ4n) is 2.20. The Balaban J connectivity index is 2.21. The number of hydrogen-bond donors (Lipinski definition) is 2. The van der Waals surface area contributed by atoms with Crippen LogP contribution in [0.1, 0.15) is 24.1 Å². The number of phenolic OH excluding ortho intramolecular Hbond substituents is 1. The van der Waals surface area contributed by atoms with Crippen molar-refractivity contribution in [1.82, 2.24) is 5.32 Å². The first kappa shape index (κ1) is 13.9. The number of nitrogens with one attached hydrogen (secondary N) is 1. The van der Waals surface area contributed by atoms with E-state index in [1.807, 2.05) is 30.3 Å². The molecule has 2 aromatic rings. The van der Waals surface area contributed by atoms with E-state index in [1.54, 1.807) is 12.1 Å². The highest BCUT2D eigenvalue weighted by atomic mass is 35.5. The van der Waals surface area contributed by atoms with Gasteiger partial charge < -0.3 is 10.4 Å². The van der Waals surface area contributed by atoms with Crippen molar-refractivity contribution in [2.45, 2.75) is 19.4 Å². The Morgan fingerprint density at radius 3 is 2.63 bits per heavy atom. The molecule has 2 nitrogen and oxygen atoms in total. The molecule has 100 valence electrons. The molecular formula is C16H18ClNO. The summed E-state index contributed by atoms with van der Waals surface area (Å²) in [5.74, 6) is 0.304. The van der Waals surface area contributed by atoms with Crippen LogP contribution in [0.5, 0.6) is 5.75 Å². The molecule has 1 atom stereocenters. The van der Waals surface area contributed by atoms with Crippen LogP contribution in [0.25, 0.3) is 0 Å². The van der Waals surface area contributed by atoms with E-state index < -0.39 is 0 Å². The molecule has 0 aliphatic rings. The van der Waals surface area contributed by atoms with Crippen LogP contribution in [0.4, 0.5) is 0 Å². The average Bonchev–Trinajstić information content (AvgIpc) is 2.38. The number of phenols is 1. The molecule has 0 saturated heterocycles. The highest BCUT2D eigenvalue weighted by molar-refractivity contribution is 6.30. The molecular weight excluding hydrogens is 258 g/mol. The van der Waals surface area contributed by atoms with Crippen LogP contribution < -0.4 is 5.32 Å². The lowest BCUT2D eigenvalue weighted by Crippen LogP contribution is -2.22. The van der Waals surface area contributed by atoms with E-state index in [9.17, 15) is 5.11 Å². The first-order valence-electron chi connectivity index (χ1n) is 6.46. The van der Waals surface area contributed by atoms with Crippen LogP contribution in [0.15, 0.2) is 48.5 Å². The SMILES string of the molecule is CCNC(Cc1cccc(O)c1)c1cccc(Cl)c1. The second-order valence-corrected chi connectivity index (χ2v) is 4.98. The molecule has 2 aromatic carbocycles. The number of aromatic hydroxyl groups is 1. The van der Waals surface area contributed by atoms with Crippen molar-refractivity contribution < 1.29 is 5.11 Å². The Morgan fingerprint density at radius 1 is 1.16 bits per heavy atom. The predicted octanol–water partition coefficient (Wildman–Crippen LogP) is 3.94.